The zero-order valence-electron chi connectivity index (χ0n) is 17.7. The summed E-state index contributed by atoms with van der Waals surface area (Å²) in [6, 6.07) is 10.1. The molecule has 0 radical (unpaired) electrons. The molecule has 9 nitrogen and oxygen atoms in total. The fraction of sp³-hybridized carbons (Fsp3) is 0.217. The first-order valence-electron chi connectivity index (χ1n) is 10.1. The minimum Gasteiger partial charge on any atom is -0.469 e. The van der Waals surface area contributed by atoms with Crippen LogP contribution in [-0.2, 0) is 6.42 Å². The van der Waals surface area contributed by atoms with Crippen molar-refractivity contribution in [3.63, 3.8) is 0 Å². The molecule has 1 aromatic carbocycles. The Kier molecular flexibility index (Phi) is 5.89. The van der Waals surface area contributed by atoms with Crippen LogP contribution in [0.3, 0.4) is 0 Å². The molecular weight excluding hydrogens is 412 g/mol. The van der Waals surface area contributed by atoms with Gasteiger partial charge in [0.25, 0.3) is 11.8 Å². The molecule has 164 valence electrons. The van der Waals surface area contributed by atoms with E-state index < -0.39 is 11.8 Å². The molecule has 0 aliphatic heterocycles. The second-order valence-corrected chi connectivity index (χ2v) is 7.37. The van der Waals surface area contributed by atoms with E-state index in [4.69, 9.17) is 8.83 Å². The summed E-state index contributed by atoms with van der Waals surface area (Å²) in [4.78, 5) is 37.1. The van der Waals surface area contributed by atoms with Crippen molar-refractivity contribution in [2.45, 2.75) is 33.1 Å². The van der Waals surface area contributed by atoms with E-state index in [1.165, 1.54) is 6.26 Å². The quantitative estimate of drug-likeness (QED) is 0.544. The van der Waals surface area contributed by atoms with Crippen molar-refractivity contribution in [3.8, 4) is 0 Å². The highest BCUT2D eigenvalue weighted by Gasteiger charge is 2.28. The van der Waals surface area contributed by atoms with E-state index in [1.807, 2.05) is 0 Å². The molecule has 1 aliphatic rings. The zero-order valence-corrected chi connectivity index (χ0v) is 17.7. The lowest BCUT2D eigenvalue weighted by molar-refractivity contribution is 0.0829. The zero-order chi connectivity index (χ0) is 22.7. The van der Waals surface area contributed by atoms with Gasteiger partial charge < -0.3 is 8.83 Å². The first-order chi connectivity index (χ1) is 15.5. The Morgan fingerprint density at radius 2 is 1.69 bits per heavy atom. The van der Waals surface area contributed by atoms with Gasteiger partial charge >= 0.3 is 5.91 Å². The Labute approximate surface area is 183 Å². The number of rotatable bonds is 4. The van der Waals surface area contributed by atoms with Gasteiger partial charge in [0.15, 0.2) is 5.76 Å². The van der Waals surface area contributed by atoms with Gasteiger partial charge in [-0.05, 0) is 44.9 Å². The van der Waals surface area contributed by atoms with Crippen molar-refractivity contribution in [1.82, 2.24) is 16.3 Å². The third-order valence-corrected chi connectivity index (χ3v) is 5.25. The highest BCUT2D eigenvalue weighted by atomic mass is 16.4. The fourth-order valence-electron chi connectivity index (χ4n) is 3.63. The molecule has 3 aromatic rings. The summed E-state index contributed by atoms with van der Waals surface area (Å²) in [5.41, 5.74) is 10.1. The van der Waals surface area contributed by atoms with Crippen LogP contribution in [0.15, 0.2) is 56.6 Å². The maximum absolute atomic E-state index is 12.6. The number of hydrogen-bond donors (Lipinski definition) is 3. The van der Waals surface area contributed by atoms with Gasteiger partial charge in [0.2, 0.25) is 0 Å². The number of hydrazine groups is 1. The van der Waals surface area contributed by atoms with Gasteiger partial charge in [-0.1, -0.05) is 18.2 Å². The first kappa shape index (κ1) is 21.1. The maximum atomic E-state index is 12.6. The minimum absolute atomic E-state index is 0.0926. The SMILES string of the molecule is Cc1occc1C(=O)N/N=C1\CCCc2oc(C(=O)NNC(=O)c3ccccc3)c(C)c21. The van der Waals surface area contributed by atoms with Crippen molar-refractivity contribution < 1.29 is 23.2 Å². The van der Waals surface area contributed by atoms with Gasteiger partial charge in [-0.3, -0.25) is 25.2 Å². The van der Waals surface area contributed by atoms with Gasteiger partial charge in [-0.25, -0.2) is 5.43 Å². The van der Waals surface area contributed by atoms with Gasteiger partial charge in [-0.2, -0.15) is 5.10 Å². The predicted octanol–water partition coefficient (Wildman–Crippen LogP) is 3.03. The van der Waals surface area contributed by atoms with E-state index in [0.717, 1.165) is 6.42 Å². The highest BCUT2D eigenvalue weighted by Crippen LogP contribution is 2.29. The number of nitrogens with one attached hydrogen (secondary N) is 3. The lowest BCUT2D eigenvalue weighted by Crippen LogP contribution is -2.41. The third kappa shape index (κ3) is 4.18. The van der Waals surface area contributed by atoms with Crippen LogP contribution in [0.2, 0.25) is 0 Å². The number of hydrogen-bond acceptors (Lipinski definition) is 6. The lowest BCUT2D eigenvalue weighted by Gasteiger charge is -2.13. The summed E-state index contributed by atoms with van der Waals surface area (Å²) in [6.45, 7) is 3.45. The molecular formula is C23H22N4O5. The minimum atomic E-state index is -0.571. The van der Waals surface area contributed by atoms with E-state index in [9.17, 15) is 14.4 Å². The molecule has 0 unspecified atom stereocenters. The predicted molar refractivity (Wildman–Crippen MR) is 115 cm³/mol. The van der Waals surface area contributed by atoms with Gasteiger partial charge in [0.05, 0.1) is 17.5 Å². The molecule has 0 bridgehead atoms. The van der Waals surface area contributed by atoms with Gasteiger partial charge in [0, 0.05) is 23.1 Å². The van der Waals surface area contributed by atoms with Crippen molar-refractivity contribution in [3.05, 3.63) is 82.2 Å². The van der Waals surface area contributed by atoms with E-state index in [-0.39, 0.29) is 11.7 Å². The summed E-state index contributed by atoms with van der Waals surface area (Å²) >= 11 is 0. The molecule has 0 atom stereocenters. The van der Waals surface area contributed by atoms with Crippen molar-refractivity contribution in [1.29, 1.82) is 0 Å². The number of amides is 3. The summed E-state index contributed by atoms with van der Waals surface area (Å²) in [5.74, 6) is -0.164. The largest absolute Gasteiger partial charge is 0.469 e. The van der Waals surface area contributed by atoms with Crippen LogP contribution in [0.1, 0.15) is 66.8 Å². The van der Waals surface area contributed by atoms with Crippen LogP contribution in [0.5, 0.6) is 0 Å². The Hall–Kier alpha value is -4.14. The monoisotopic (exact) mass is 434 g/mol. The number of carbonyl (C=O) groups excluding carboxylic acids is 3. The van der Waals surface area contributed by atoms with Crippen molar-refractivity contribution in [2.75, 3.05) is 0 Å². The first-order valence-corrected chi connectivity index (χ1v) is 10.1. The molecule has 4 rings (SSSR count). The molecule has 0 saturated heterocycles. The standard InChI is InChI=1S/C23H22N4O5/c1-13-19-17(24-26-22(29)16-11-12-31-14(16)2)9-6-10-18(19)32-20(13)23(30)27-25-21(28)15-7-4-3-5-8-15/h3-5,7-8,11-12H,6,9-10H2,1-2H3,(H,25,28)(H,26,29)(H,27,30)/b24-17+. The third-order valence-electron chi connectivity index (χ3n) is 5.25. The van der Waals surface area contributed by atoms with Crippen LogP contribution in [0, 0.1) is 13.8 Å². The normalized spacial score (nSPS) is 14.0. The lowest BCUT2D eigenvalue weighted by atomic mass is 9.93. The fourth-order valence-corrected chi connectivity index (χ4v) is 3.63. The Balaban J connectivity index is 1.49. The molecule has 9 heteroatoms. The summed E-state index contributed by atoms with van der Waals surface area (Å²) < 4.78 is 10.9. The van der Waals surface area contributed by atoms with Gasteiger partial charge in [0.1, 0.15) is 11.5 Å². The molecule has 2 aromatic heterocycles. The summed E-state index contributed by atoms with van der Waals surface area (Å²) in [7, 11) is 0. The van der Waals surface area contributed by atoms with Crippen LogP contribution in [0.25, 0.3) is 0 Å². The summed E-state index contributed by atoms with van der Waals surface area (Å²) in [6.07, 6.45) is 3.49. The molecule has 0 spiro atoms. The van der Waals surface area contributed by atoms with Crippen LogP contribution in [0.4, 0.5) is 0 Å². The van der Waals surface area contributed by atoms with Crippen molar-refractivity contribution in [2.24, 2.45) is 5.10 Å². The second kappa shape index (κ2) is 8.93. The van der Waals surface area contributed by atoms with Gasteiger partial charge in [-0.15, -0.1) is 0 Å². The number of furan rings is 2. The maximum Gasteiger partial charge on any atom is 0.305 e. The topological polar surface area (TPSA) is 126 Å². The smallest absolute Gasteiger partial charge is 0.305 e. The molecule has 3 amide bonds. The Morgan fingerprint density at radius 3 is 2.41 bits per heavy atom. The molecule has 1 aliphatic carbocycles. The number of nitrogens with zero attached hydrogens (tertiary/aromatic N) is 1. The second-order valence-electron chi connectivity index (χ2n) is 7.37. The molecule has 2 heterocycles. The molecule has 32 heavy (non-hydrogen) atoms. The molecule has 0 fully saturated rings. The van der Waals surface area contributed by atoms with E-state index >= 15 is 0 Å². The van der Waals surface area contributed by atoms with Crippen LogP contribution >= 0.6 is 0 Å². The average molecular weight is 434 g/mol. The van der Waals surface area contributed by atoms with E-state index in [1.54, 1.807) is 50.2 Å². The number of benzene rings is 1. The van der Waals surface area contributed by atoms with Crippen LogP contribution < -0.4 is 16.3 Å². The Bertz CT molecular complexity index is 1210. The Morgan fingerprint density at radius 1 is 0.938 bits per heavy atom. The number of fused-ring (bicyclic) bond motifs is 1. The number of carbonyl (C=O) groups is 3. The summed E-state index contributed by atoms with van der Waals surface area (Å²) in [5, 5.41) is 4.28. The molecule has 0 saturated carbocycles. The number of hydrazone groups is 1. The van der Waals surface area contributed by atoms with E-state index in [0.29, 0.717) is 52.3 Å². The van der Waals surface area contributed by atoms with E-state index in [2.05, 4.69) is 21.4 Å². The average Bonchev–Trinajstić information content (AvgIpc) is 3.39. The molecule has 3 N–H and O–H groups in total. The van der Waals surface area contributed by atoms with Crippen LogP contribution in [-0.4, -0.2) is 23.4 Å². The number of aryl methyl sites for hydroxylation is 2. The highest BCUT2D eigenvalue weighted by molar-refractivity contribution is 6.07. The van der Waals surface area contributed by atoms with Crippen molar-refractivity contribution >= 4 is 23.4 Å².